The Morgan fingerprint density at radius 2 is 1.88 bits per heavy atom. The Morgan fingerprint density at radius 3 is 2.62 bits per heavy atom. The molecule has 0 radical (unpaired) electrons. The Morgan fingerprint density at radius 1 is 1.06 bits per heavy atom. The average molecular weight is 471 g/mol. The first kappa shape index (κ1) is 22.4. The smallest absolute Gasteiger partial charge is 0.174 e. The van der Waals surface area contributed by atoms with Crippen molar-refractivity contribution in [3.8, 4) is 5.75 Å². The van der Waals surface area contributed by atoms with Crippen molar-refractivity contribution >= 4 is 34.3 Å². The van der Waals surface area contributed by atoms with Gasteiger partial charge in [-0.25, -0.2) is 0 Å². The lowest BCUT2D eigenvalue weighted by molar-refractivity contribution is 0.415. The Balaban J connectivity index is 1.66. The number of benzene rings is 2. The van der Waals surface area contributed by atoms with Crippen LogP contribution in [-0.2, 0) is 0 Å². The van der Waals surface area contributed by atoms with Crippen molar-refractivity contribution in [1.29, 1.82) is 0 Å². The third-order valence-electron chi connectivity index (χ3n) is 7.01. The summed E-state index contributed by atoms with van der Waals surface area (Å²) in [4.78, 5) is 9.20. The summed E-state index contributed by atoms with van der Waals surface area (Å²) in [5.41, 5.74) is 6.89. The zero-order chi connectivity index (χ0) is 24.0. The van der Waals surface area contributed by atoms with E-state index in [0.717, 1.165) is 17.1 Å². The minimum absolute atomic E-state index is 0.0296. The maximum atomic E-state index is 5.88. The number of anilines is 2. The maximum Gasteiger partial charge on any atom is 0.174 e. The minimum Gasteiger partial charge on any atom is -0.497 e. The monoisotopic (exact) mass is 470 g/mol. The first-order valence-electron chi connectivity index (χ1n) is 11.5. The van der Waals surface area contributed by atoms with Gasteiger partial charge in [-0.1, -0.05) is 24.3 Å². The average Bonchev–Trinajstić information content (AvgIpc) is 3.19. The molecule has 0 unspecified atom stereocenters. The highest BCUT2D eigenvalue weighted by Gasteiger charge is 2.41. The highest BCUT2D eigenvalue weighted by atomic mass is 32.1. The summed E-state index contributed by atoms with van der Waals surface area (Å²) < 4.78 is 5.51. The zero-order valence-corrected chi connectivity index (χ0v) is 21.1. The molecule has 1 saturated heterocycles. The first-order valence-corrected chi connectivity index (χ1v) is 11.9. The fraction of sp³-hybridized carbons (Fsp3) is 0.286. The van der Waals surface area contributed by atoms with Gasteiger partial charge in [0.15, 0.2) is 5.11 Å². The number of pyridine rings is 1. The number of hydrogen-bond acceptors (Lipinski definition) is 4. The molecular formula is C28H30N4OS. The molecule has 0 aliphatic carbocycles. The molecule has 1 N–H and O–H groups in total. The molecule has 174 valence electrons. The Hall–Kier alpha value is -3.38. The van der Waals surface area contributed by atoms with E-state index in [1.807, 2.05) is 36.5 Å². The largest absolute Gasteiger partial charge is 0.497 e. The number of aromatic nitrogens is 1. The predicted molar refractivity (Wildman–Crippen MR) is 144 cm³/mol. The number of thiocarbonyl (C=S) groups is 1. The van der Waals surface area contributed by atoms with E-state index in [0.29, 0.717) is 5.11 Å². The third-order valence-corrected chi connectivity index (χ3v) is 7.33. The van der Waals surface area contributed by atoms with Crippen molar-refractivity contribution in [2.24, 2.45) is 0 Å². The first-order chi connectivity index (χ1) is 16.3. The molecule has 0 saturated carbocycles. The second kappa shape index (κ2) is 8.44. The van der Waals surface area contributed by atoms with Crippen LogP contribution in [0, 0.1) is 0 Å². The van der Waals surface area contributed by atoms with Crippen LogP contribution in [-0.4, -0.2) is 29.8 Å². The molecule has 6 heteroatoms. The summed E-state index contributed by atoms with van der Waals surface area (Å²) in [6.07, 6.45) is 4.18. The Bertz CT molecular complexity index is 1270. The van der Waals surface area contributed by atoms with Gasteiger partial charge in [-0.2, -0.15) is 0 Å². The molecule has 2 aliphatic heterocycles. The minimum atomic E-state index is -0.0833. The molecule has 3 aromatic rings. The lowest BCUT2D eigenvalue weighted by Gasteiger charge is -2.41. The van der Waals surface area contributed by atoms with Gasteiger partial charge in [0, 0.05) is 36.2 Å². The fourth-order valence-corrected chi connectivity index (χ4v) is 5.44. The van der Waals surface area contributed by atoms with Crippen molar-refractivity contribution < 1.29 is 4.74 Å². The lowest BCUT2D eigenvalue weighted by Crippen LogP contribution is -2.42. The number of allylic oxidation sites excluding steroid dienone is 1. The van der Waals surface area contributed by atoms with E-state index in [1.165, 1.54) is 22.4 Å². The number of rotatable bonds is 4. The van der Waals surface area contributed by atoms with Crippen LogP contribution >= 0.6 is 12.2 Å². The van der Waals surface area contributed by atoms with Crippen LogP contribution in [0.4, 0.5) is 11.4 Å². The molecule has 1 aromatic heterocycles. The standard InChI is InChI=1S/C28H30N4OS/c1-18-17-28(2,3)31(4)24-13-12-19(15-22(18)24)26-25(23-11-6-7-14-29-23)30-27(34)32(26)20-9-8-10-21(16-20)33-5/h6-17,25-26H,1-5H3,(H,30,34)/t25-,26-/m1/s1. The number of likely N-dealkylation sites (N-methyl/N-ethyl adjacent to an activating group) is 1. The highest BCUT2D eigenvalue weighted by molar-refractivity contribution is 7.80. The fourth-order valence-electron chi connectivity index (χ4n) is 5.09. The zero-order valence-electron chi connectivity index (χ0n) is 20.2. The topological polar surface area (TPSA) is 40.6 Å². The molecule has 5 rings (SSSR count). The quantitative estimate of drug-likeness (QED) is 0.479. The third kappa shape index (κ3) is 3.72. The molecule has 3 heterocycles. The molecule has 34 heavy (non-hydrogen) atoms. The summed E-state index contributed by atoms with van der Waals surface area (Å²) in [6, 6.07) is 20.7. The van der Waals surface area contributed by atoms with Gasteiger partial charge in [0.1, 0.15) is 5.75 Å². The van der Waals surface area contributed by atoms with Crippen molar-refractivity contribution in [3.05, 3.63) is 89.8 Å². The van der Waals surface area contributed by atoms with E-state index < -0.39 is 0 Å². The lowest BCUT2D eigenvalue weighted by atomic mass is 9.86. The number of methoxy groups -OCH3 is 1. The number of nitrogens with one attached hydrogen (secondary N) is 1. The van der Waals surface area contributed by atoms with E-state index in [2.05, 4.69) is 84.3 Å². The van der Waals surface area contributed by atoms with Gasteiger partial charge in [-0.05, 0) is 80.5 Å². The van der Waals surface area contributed by atoms with Gasteiger partial charge in [0.2, 0.25) is 0 Å². The molecule has 2 atom stereocenters. The van der Waals surface area contributed by atoms with Crippen LogP contribution in [0.3, 0.4) is 0 Å². The van der Waals surface area contributed by atoms with Gasteiger partial charge >= 0.3 is 0 Å². The number of fused-ring (bicyclic) bond motifs is 1. The van der Waals surface area contributed by atoms with Crippen LogP contribution in [0.15, 0.2) is 72.9 Å². The number of hydrogen-bond donors (Lipinski definition) is 1. The van der Waals surface area contributed by atoms with Crippen LogP contribution in [0.25, 0.3) is 5.57 Å². The second-order valence-electron chi connectivity index (χ2n) is 9.51. The second-order valence-corrected chi connectivity index (χ2v) is 9.90. The van der Waals surface area contributed by atoms with Crippen molar-refractivity contribution in [2.75, 3.05) is 24.0 Å². The maximum absolute atomic E-state index is 5.88. The summed E-state index contributed by atoms with van der Waals surface area (Å²) >= 11 is 5.88. The van der Waals surface area contributed by atoms with Gasteiger partial charge in [-0.3, -0.25) is 4.98 Å². The van der Waals surface area contributed by atoms with Crippen molar-refractivity contribution in [1.82, 2.24) is 10.3 Å². The molecule has 0 spiro atoms. The SMILES string of the molecule is COc1cccc(N2C(=S)N[C@H](c3ccccn3)[C@H]2c2ccc3c(c2)C(C)=CC(C)(C)N3C)c1. The summed E-state index contributed by atoms with van der Waals surface area (Å²) in [6.45, 7) is 6.69. The summed E-state index contributed by atoms with van der Waals surface area (Å²) in [5, 5.41) is 4.22. The van der Waals surface area contributed by atoms with Crippen molar-refractivity contribution in [3.63, 3.8) is 0 Å². The van der Waals surface area contributed by atoms with E-state index in [9.17, 15) is 0 Å². The number of nitrogens with zero attached hydrogens (tertiary/aromatic N) is 3. The van der Waals surface area contributed by atoms with Crippen molar-refractivity contribution in [2.45, 2.75) is 38.4 Å². The van der Waals surface area contributed by atoms with Crippen LogP contribution < -0.4 is 19.9 Å². The predicted octanol–water partition coefficient (Wildman–Crippen LogP) is 5.90. The van der Waals surface area contributed by atoms with E-state index in [4.69, 9.17) is 17.0 Å². The van der Waals surface area contributed by atoms with Gasteiger partial charge in [0.05, 0.1) is 30.4 Å². The molecule has 1 fully saturated rings. The highest BCUT2D eigenvalue weighted by Crippen LogP contribution is 2.45. The van der Waals surface area contributed by atoms with Gasteiger partial charge < -0.3 is 19.9 Å². The molecule has 5 nitrogen and oxygen atoms in total. The van der Waals surface area contributed by atoms with Crippen LogP contribution in [0.5, 0.6) is 5.75 Å². The molecular weight excluding hydrogens is 440 g/mol. The molecule has 2 aliphatic rings. The van der Waals surface area contributed by atoms with Gasteiger partial charge in [-0.15, -0.1) is 0 Å². The van der Waals surface area contributed by atoms with Crippen LogP contribution in [0.1, 0.15) is 49.7 Å². The molecule has 0 bridgehead atoms. The van der Waals surface area contributed by atoms with E-state index in [-0.39, 0.29) is 17.6 Å². The normalized spacial score (nSPS) is 21.1. The van der Waals surface area contributed by atoms with Gasteiger partial charge in [0.25, 0.3) is 0 Å². The summed E-state index contributed by atoms with van der Waals surface area (Å²) in [7, 11) is 3.84. The Labute approximate surface area is 207 Å². The van der Waals surface area contributed by atoms with E-state index in [1.54, 1.807) is 7.11 Å². The summed E-state index contributed by atoms with van der Waals surface area (Å²) in [5.74, 6) is 0.799. The van der Waals surface area contributed by atoms with E-state index >= 15 is 0 Å². The number of ether oxygens (including phenoxy) is 1. The molecule has 0 amide bonds. The molecule has 2 aromatic carbocycles. The Kier molecular flexibility index (Phi) is 5.56. The van der Waals surface area contributed by atoms with Crippen LogP contribution in [0.2, 0.25) is 0 Å².